The second kappa shape index (κ2) is 15.3. The van der Waals surface area contributed by atoms with Crippen LogP contribution in [-0.2, 0) is 21.4 Å². The van der Waals surface area contributed by atoms with Crippen LogP contribution in [0.25, 0.3) is 0 Å². The smallest absolute Gasteiger partial charge is 0.241 e. The Morgan fingerprint density at radius 3 is 2.05 bits per heavy atom. The van der Waals surface area contributed by atoms with Crippen molar-refractivity contribution < 1.29 is 22.3 Å². The molecule has 0 saturated carbocycles. The first kappa shape index (κ1) is 33.3. The van der Waals surface area contributed by atoms with Gasteiger partial charge in [0.25, 0.3) is 0 Å². The third-order valence-electron chi connectivity index (χ3n) is 7.33. The SMILES string of the molecule is CC[C@H](C)C(NC1CCN(Cc2ccc(Oc3ccc(NS(C)(=O)=O)cc3)cc2)CC1)C(=O)Nc1ccc(F)cc1.Cl. The van der Waals surface area contributed by atoms with E-state index in [-0.39, 0.29) is 42.1 Å². The molecule has 0 aromatic heterocycles. The number of hydrogen-bond donors (Lipinski definition) is 3. The van der Waals surface area contributed by atoms with Crippen LogP contribution in [0, 0.1) is 11.7 Å². The van der Waals surface area contributed by atoms with Crippen molar-refractivity contribution in [1.29, 1.82) is 0 Å². The van der Waals surface area contributed by atoms with Crippen LogP contribution in [0.2, 0.25) is 0 Å². The lowest BCUT2D eigenvalue weighted by molar-refractivity contribution is -0.119. The van der Waals surface area contributed by atoms with Crippen LogP contribution in [-0.4, -0.2) is 50.7 Å². The van der Waals surface area contributed by atoms with E-state index in [9.17, 15) is 17.6 Å². The average molecular weight is 619 g/mol. The Morgan fingerprint density at radius 2 is 1.50 bits per heavy atom. The number of hydrogen-bond acceptors (Lipinski definition) is 6. The molecular formula is C31H40ClFN4O4S. The van der Waals surface area contributed by atoms with Gasteiger partial charge in [-0.05, 0) is 98.1 Å². The van der Waals surface area contributed by atoms with Crippen molar-refractivity contribution in [2.45, 2.75) is 51.7 Å². The average Bonchev–Trinajstić information content (AvgIpc) is 2.94. The Balaban J connectivity index is 0.00000484. The van der Waals surface area contributed by atoms with E-state index in [0.717, 1.165) is 45.2 Å². The number of halogens is 2. The summed E-state index contributed by atoms with van der Waals surface area (Å²) >= 11 is 0. The van der Waals surface area contributed by atoms with Crippen LogP contribution in [0.1, 0.15) is 38.7 Å². The topological polar surface area (TPSA) is 99.8 Å². The van der Waals surface area contributed by atoms with Gasteiger partial charge in [0.2, 0.25) is 15.9 Å². The molecule has 1 unspecified atom stereocenters. The number of likely N-dealkylation sites (tertiary alicyclic amines) is 1. The summed E-state index contributed by atoms with van der Waals surface area (Å²) in [5.74, 6) is 1.07. The molecule has 0 radical (unpaired) electrons. The molecule has 0 aliphatic carbocycles. The van der Waals surface area contributed by atoms with E-state index < -0.39 is 10.0 Å². The fourth-order valence-electron chi connectivity index (χ4n) is 4.86. The van der Waals surface area contributed by atoms with Gasteiger partial charge in [-0.1, -0.05) is 32.4 Å². The van der Waals surface area contributed by atoms with Gasteiger partial charge in [0.1, 0.15) is 17.3 Å². The highest BCUT2D eigenvalue weighted by atomic mass is 35.5. The maximum atomic E-state index is 13.2. The number of carbonyl (C=O) groups is 1. The number of piperidine rings is 1. The highest BCUT2D eigenvalue weighted by molar-refractivity contribution is 7.92. The highest BCUT2D eigenvalue weighted by Gasteiger charge is 2.29. The second-order valence-corrected chi connectivity index (χ2v) is 12.5. The normalized spacial score (nSPS) is 15.7. The Morgan fingerprint density at radius 1 is 0.952 bits per heavy atom. The lowest BCUT2D eigenvalue weighted by Gasteiger charge is -2.35. The zero-order chi connectivity index (χ0) is 29.4. The summed E-state index contributed by atoms with van der Waals surface area (Å²) in [7, 11) is -3.32. The van der Waals surface area contributed by atoms with E-state index in [0.29, 0.717) is 22.9 Å². The fourth-order valence-corrected chi connectivity index (χ4v) is 5.43. The molecule has 228 valence electrons. The van der Waals surface area contributed by atoms with Crippen LogP contribution in [0.4, 0.5) is 15.8 Å². The van der Waals surface area contributed by atoms with E-state index in [4.69, 9.17) is 4.74 Å². The number of nitrogens with one attached hydrogen (secondary N) is 3. The van der Waals surface area contributed by atoms with Crippen molar-refractivity contribution in [2.75, 3.05) is 29.4 Å². The quantitative estimate of drug-likeness (QED) is 0.230. The molecule has 1 heterocycles. The van der Waals surface area contributed by atoms with Gasteiger partial charge in [0.05, 0.1) is 12.3 Å². The monoisotopic (exact) mass is 618 g/mol. The van der Waals surface area contributed by atoms with Gasteiger partial charge in [-0.25, -0.2) is 12.8 Å². The summed E-state index contributed by atoms with van der Waals surface area (Å²) in [5.41, 5.74) is 2.27. The first-order chi connectivity index (χ1) is 19.6. The number of anilines is 2. The zero-order valence-electron chi connectivity index (χ0n) is 24.2. The van der Waals surface area contributed by atoms with E-state index in [1.165, 1.54) is 17.7 Å². The molecule has 2 atom stereocenters. The van der Waals surface area contributed by atoms with Crippen molar-refractivity contribution in [3.63, 3.8) is 0 Å². The molecule has 8 nitrogen and oxygen atoms in total. The molecule has 3 aromatic rings. The minimum Gasteiger partial charge on any atom is -0.457 e. The maximum Gasteiger partial charge on any atom is 0.241 e. The molecule has 1 saturated heterocycles. The molecule has 0 bridgehead atoms. The van der Waals surface area contributed by atoms with Gasteiger partial charge in [-0.2, -0.15) is 0 Å². The van der Waals surface area contributed by atoms with E-state index in [1.807, 2.05) is 12.1 Å². The van der Waals surface area contributed by atoms with Crippen LogP contribution >= 0.6 is 12.4 Å². The number of benzene rings is 3. The Bertz CT molecular complexity index is 1380. The van der Waals surface area contributed by atoms with E-state index in [2.05, 4.69) is 46.2 Å². The Hall–Kier alpha value is -3.18. The standard InChI is InChI=1S/C31H39FN4O4S.ClH/c1-4-22(2)30(31(37)34-25-9-7-24(32)8-10-25)33-26-17-19-36(20-18-26)21-23-5-13-28(14-6-23)40-29-15-11-27(12-16-29)35-41(3,38)39;/h5-16,22,26,30,33,35H,4,17-21H2,1-3H3,(H,34,37);1H/t22-,30?;/m0./s1. The molecule has 3 aromatic carbocycles. The largest absolute Gasteiger partial charge is 0.457 e. The van der Waals surface area contributed by atoms with Crippen molar-refractivity contribution in [3.05, 3.63) is 84.2 Å². The van der Waals surface area contributed by atoms with Gasteiger partial charge < -0.3 is 15.4 Å². The third-order valence-corrected chi connectivity index (χ3v) is 7.94. The van der Waals surface area contributed by atoms with Crippen molar-refractivity contribution in [2.24, 2.45) is 5.92 Å². The maximum absolute atomic E-state index is 13.2. The molecule has 11 heteroatoms. The van der Waals surface area contributed by atoms with E-state index in [1.54, 1.807) is 36.4 Å². The molecule has 1 aliphatic heterocycles. The Labute approximate surface area is 254 Å². The Kier molecular flexibility index (Phi) is 12.2. The van der Waals surface area contributed by atoms with Gasteiger partial charge in [0.15, 0.2) is 0 Å². The van der Waals surface area contributed by atoms with Gasteiger partial charge in [-0.15, -0.1) is 12.4 Å². The summed E-state index contributed by atoms with van der Waals surface area (Å²) in [6, 6.07) is 20.5. The molecule has 1 fully saturated rings. The number of amides is 1. The number of rotatable bonds is 12. The first-order valence-electron chi connectivity index (χ1n) is 14.0. The molecule has 4 rings (SSSR count). The second-order valence-electron chi connectivity index (χ2n) is 10.7. The fraction of sp³-hybridized carbons (Fsp3) is 0.387. The number of nitrogens with zero attached hydrogens (tertiary/aromatic N) is 1. The van der Waals surface area contributed by atoms with Gasteiger partial charge >= 0.3 is 0 Å². The van der Waals surface area contributed by atoms with E-state index >= 15 is 0 Å². The minimum atomic E-state index is -3.32. The minimum absolute atomic E-state index is 0. The third kappa shape index (κ3) is 10.3. The van der Waals surface area contributed by atoms with Crippen molar-refractivity contribution in [3.8, 4) is 11.5 Å². The summed E-state index contributed by atoms with van der Waals surface area (Å²) in [6.07, 6.45) is 3.88. The summed E-state index contributed by atoms with van der Waals surface area (Å²) in [6.45, 7) is 6.85. The summed E-state index contributed by atoms with van der Waals surface area (Å²) in [5, 5.41) is 6.54. The number of carbonyl (C=O) groups excluding carboxylic acids is 1. The molecular weight excluding hydrogens is 579 g/mol. The lowest BCUT2D eigenvalue weighted by Crippen LogP contribution is -2.52. The van der Waals surface area contributed by atoms with Gasteiger partial charge in [-0.3, -0.25) is 14.4 Å². The molecule has 3 N–H and O–H groups in total. The predicted molar refractivity (Wildman–Crippen MR) is 168 cm³/mol. The summed E-state index contributed by atoms with van der Waals surface area (Å²) in [4.78, 5) is 15.5. The number of sulfonamides is 1. The van der Waals surface area contributed by atoms with Crippen LogP contribution in [0.5, 0.6) is 11.5 Å². The zero-order valence-corrected chi connectivity index (χ0v) is 25.8. The van der Waals surface area contributed by atoms with Crippen molar-refractivity contribution >= 4 is 39.7 Å². The highest BCUT2D eigenvalue weighted by Crippen LogP contribution is 2.25. The molecule has 1 amide bonds. The molecule has 1 aliphatic rings. The predicted octanol–water partition coefficient (Wildman–Crippen LogP) is 6.02. The first-order valence-corrected chi connectivity index (χ1v) is 15.9. The summed E-state index contributed by atoms with van der Waals surface area (Å²) < 4.78 is 44.3. The lowest BCUT2D eigenvalue weighted by atomic mass is 9.95. The molecule has 0 spiro atoms. The van der Waals surface area contributed by atoms with Gasteiger partial charge in [0, 0.05) is 24.0 Å². The van der Waals surface area contributed by atoms with Crippen molar-refractivity contribution in [1.82, 2.24) is 10.2 Å². The number of ether oxygens (including phenoxy) is 1. The van der Waals surface area contributed by atoms with Crippen LogP contribution in [0.3, 0.4) is 0 Å². The van der Waals surface area contributed by atoms with Crippen LogP contribution < -0.4 is 20.1 Å². The van der Waals surface area contributed by atoms with Crippen LogP contribution in [0.15, 0.2) is 72.8 Å². The molecule has 42 heavy (non-hydrogen) atoms.